The third kappa shape index (κ3) is 6.78. The van der Waals surface area contributed by atoms with Crippen molar-refractivity contribution in [2.75, 3.05) is 20.3 Å². The molecular weight excluding hydrogens is 436 g/mol. The van der Waals surface area contributed by atoms with Crippen LogP contribution in [0.3, 0.4) is 0 Å². The van der Waals surface area contributed by atoms with Gasteiger partial charge in [0.15, 0.2) is 6.61 Å². The molecule has 156 valence electrons. The van der Waals surface area contributed by atoms with Crippen LogP contribution in [0, 0.1) is 0 Å². The van der Waals surface area contributed by atoms with E-state index in [-0.39, 0.29) is 25.0 Å². The van der Waals surface area contributed by atoms with E-state index in [1.165, 1.54) is 0 Å². The van der Waals surface area contributed by atoms with Crippen LogP contribution in [0.1, 0.15) is 25.8 Å². The Morgan fingerprint density at radius 3 is 2.45 bits per heavy atom. The highest BCUT2D eigenvalue weighted by molar-refractivity contribution is 9.10. The van der Waals surface area contributed by atoms with Gasteiger partial charge in [-0.15, -0.1) is 0 Å². The minimum absolute atomic E-state index is 0.151. The van der Waals surface area contributed by atoms with Gasteiger partial charge in [0, 0.05) is 17.6 Å². The van der Waals surface area contributed by atoms with Gasteiger partial charge >= 0.3 is 0 Å². The largest absolute Gasteiger partial charge is 0.497 e. The van der Waals surface area contributed by atoms with Gasteiger partial charge in [0.25, 0.3) is 5.91 Å². The number of carbonyl (C=O) groups excluding carboxylic acids is 2. The van der Waals surface area contributed by atoms with Gasteiger partial charge in [-0.05, 0) is 55.3 Å². The summed E-state index contributed by atoms with van der Waals surface area (Å²) in [5.74, 6) is 0.865. The predicted octanol–water partition coefficient (Wildman–Crippen LogP) is 3.78. The molecule has 7 heteroatoms. The molecule has 6 nitrogen and oxygen atoms in total. The molecule has 0 heterocycles. The van der Waals surface area contributed by atoms with Gasteiger partial charge < -0.3 is 19.7 Å². The molecule has 0 aliphatic carbocycles. The first-order valence-corrected chi connectivity index (χ1v) is 10.4. The van der Waals surface area contributed by atoms with Crippen LogP contribution in [-0.4, -0.2) is 43.0 Å². The fraction of sp³-hybridized carbons (Fsp3) is 0.364. The van der Waals surface area contributed by atoms with Crippen molar-refractivity contribution in [3.8, 4) is 11.5 Å². The van der Waals surface area contributed by atoms with E-state index in [0.717, 1.165) is 10.0 Å². The number of nitrogens with one attached hydrogen (secondary N) is 1. The summed E-state index contributed by atoms with van der Waals surface area (Å²) in [5.41, 5.74) is 0.879. The number of amides is 2. The fourth-order valence-corrected chi connectivity index (χ4v) is 3.20. The number of methoxy groups -OCH3 is 1. The molecule has 0 spiro atoms. The molecule has 2 aromatic carbocycles. The number of benzene rings is 2. The van der Waals surface area contributed by atoms with Crippen molar-refractivity contribution in [3.63, 3.8) is 0 Å². The number of hydrogen-bond acceptors (Lipinski definition) is 4. The Morgan fingerprint density at radius 2 is 1.83 bits per heavy atom. The molecule has 0 fully saturated rings. The number of carbonyl (C=O) groups is 2. The zero-order chi connectivity index (χ0) is 21.2. The van der Waals surface area contributed by atoms with E-state index in [0.29, 0.717) is 24.5 Å². The van der Waals surface area contributed by atoms with Crippen molar-refractivity contribution in [1.82, 2.24) is 10.2 Å². The van der Waals surface area contributed by atoms with Crippen LogP contribution < -0.4 is 14.8 Å². The Bertz CT molecular complexity index is 811. The second-order valence-corrected chi connectivity index (χ2v) is 7.35. The summed E-state index contributed by atoms with van der Waals surface area (Å²) in [6.07, 6.45) is 0.500. The molecule has 0 saturated carbocycles. The molecule has 2 rings (SSSR count). The summed E-state index contributed by atoms with van der Waals surface area (Å²) in [4.78, 5) is 27.2. The summed E-state index contributed by atoms with van der Waals surface area (Å²) < 4.78 is 11.9. The number of ether oxygens (including phenoxy) is 2. The van der Waals surface area contributed by atoms with Crippen molar-refractivity contribution < 1.29 is 19.1 Å². The lowest BCUT2D eigenvalue weighted by atomic mass is 10.1. The summed E-state index contributed by atoms with van der Waals surface area (Å²) in [6, 6.07) is 14.1. The minimum Gasteiger partial charge on any atom is -0.497 e. The van der Waals surface area contributed by atoms with Crippen LogP contribution in [0.5, 0.6) is 11.5 Å². The maximum absolute atomic E-state index is 13.0. The Kier molecular flexibility index (Phi) is 8.99. The molecule has 2 amide bonds. The third-order valence-electron chi connectivity index (χ3n) is 4.40. The first-order chi connectivity index (χ1) is 14.0. The summed E-state index contributed by atoms with van der Waals surface area (Å²) >= 11 is 3.37. The highest BCUT2D eigenvalue weighted by atomic mass is 79.9. The van der Waals surface area contributed by atoms with E-state index in [1.807, 2.05) is 50.2 Å². The maximum Gasteiger partial charge on any atom is 0.261 e. The lowest BCUT2D eigenvalue weighted by Gasteiger charge is -2.30. The van der Waals surface area contributed by atoms with Crippen LogP contribution in [0.2, 0.25) is 0 Å². The first kappa shape index (κ1) is 22.7. The molecule has 0 bridgehead atoms. The van der Waals surface area contributed by atoms with Gasteiger partial charge in [0.2, 0.25) is 5.91 Å². The second kappa shape index (κ2) is 11.5. The molecular formula is C22H27BrN2O4. The number of likely N-dealkylation sites (N-methyl/N-ethyl adjacent to an activating group) is 1. The topological polar surface area (TPSA) is 67.9 Å². The van der Waals surface area contributed by atoms with Crippen molar-refractivity contribution in [3.05, 3.63) is 58.6 Å². The van der Waals surface area contributed by atoms with Crippen molar-refractivity contribution in [2.45, 2.75) is 32.9 Å². The van der Waals surface area contributed by atoms with Crippen LogP contribution in [0.4, 0.5) is 0 Å². The highest BCUT2D eigenvalue weighted by Crippen LogP contribution is 2.19. The summed E-state index contributed by atoms with van der Waals surface area (Å²) in [7, 11) is 1.59. The minimum atomic E-state index is -0.581. The van der Waals surface area contributed by atoms with Gasteiger partial charge in [-0.1, -0.05) is 35.0 Å². The monoisotopic (exact) mass is 462 g/mol. The molecule has 0 saturated heterocycles. The quantitative estimate of drug-likeness (QED) is 0.583. The Balaban J connectivity index is 2.20. The number of rotatable bonds is 10. The molecule has 0 unspecified atom stereocenters. The SMILES string of the molecule is CCNC(=O)[C@@H](CC)N(Cc1cccc(OC)c1)C(=O)COc1ccc(Br)cc1. The number of halogens is 1. The molecule has 1 atom stereocenters. The molecule has 2 aromatic rings. The van der Waals surface area contributed by atoms with Crippen LogP contribution >= 0.6 is 15.9 Å². The lowest BCUT2D eigenvalue weighted by Crippen LogP contribution is -2.50. The molecule has 0 aliphatic rings. The zero-order valence-electron chi connectivity index (χ0n) is 17.0. The van der Waals surface area contributed by atoms with Crippen LogP contribution in [0.15, 0.2) is 53.0 Å². The number of nitrogens with zero attached hydrogens (tertiary/aromatic N) is 1. The second-order valence-electron chi connectivity index (χ2n) is 6.43. The van der Waals surface area contributed by atoms with E-state index in [9.17, 15) is 9.59 Å². The molecule has 0 aromatic heterocycles. The summed E-state index contributed by atoms with van der Waals surface area (Å²) in [5, 5.41) is 2.82. The third-order valence-corrected chi connectivity index (χ3v) is 4.93. The van der Waals surface area contributed by atoms with Crippen molar-refractivity contribution in [2.24, 2.45) is 0 Å². The van der Waals surface area contributed by atoms with Crippen molar-refractivity contribution in [1.29, 1.82) is 0 Å². The zero-order valence-corrected chi connectivity index (χ0v) is 18.6. The molecule has 0 aliphatic heterocycles. The normalized spacial score (nSPS) is 11.4. The average Bonchev–Trinajstić information content (AvgIpc) is 2.73. The Morgan fingerprint density at radius 1 is 1.10 bits per heavy atom. The average molecular weight is 463 g/mol. The van der Waals surface area contributed by atoms with E-state index in [1.54, 1.807) is 24.1 Å². The fourth-order valence-electron chi connectivity index (χ4n) is 2.94. The standard InChI is InChI=1S/C22H27BrN2O4/c1-4-20(22(27)24-5-2)25(14-16-7-6-8-19(13-16)28-3)21(26)15-29-18-11-9-17(23)10-12-18/h6-13,20H,4-5,14-15H2,1-3H3,(H,24,27)/t20-/m1/s1. The highest BCUT2D eigenvalue weighted by Gasteiger charge is 2.28. The van der Waals surface area contributed by atoms with E-state index >= 15 is 0 Å². The van der Waals surface area contributed by atoms with E-state index in [2.05, 4.69) is 21.2 Å². The van der Waals surface area contributed by atoms with E-state index < -0.39 is 6.04 Å². The number of hydrogen-bond donors (Lipinski definition) is 1. The Labute approximate surface area is 180 Å². The van der Waals surface area contributed by atoms with E-state index in [4.69, 9.17) is 9.47 Å². The van der Waals surface area contributed by atoms with Gasteiger partial charge in [-0.25, -0.2) is 0 Å². The van der Waals surface area contributed by atoms with Gasteiger partial charge in [-0.2, -0.15) is 0 Å². The Hall–Kier alpha value is -2.54. The summed E-state index contributed by atoms with van der Waals surface area (Å²) in [6.45, 7) is 4.39. The molecule has 1 N–H and O–H groups in total. The van der Waals surface area contributed by atoms with Gasteiger partial charge in [0.1, 0.15) is 17.5 Å². The molecule has 0 radical (unpaired) electrons. The van der Waals surface area contributed by atoms with Crippen LogP contribution in [0.25, 0.3) is 0 Å². The first-order valence-electron chi connectivity index (χ1n) is 9.56. The smallest absolute Gasteiger partial charge is 0.261 e. The van der Waals surface area contributed by atoms with Crippen LogP contribution in [-0.2, 0) is 16.1 Å². The maximum atomic E-state index is 13.0. The molecule has 29 heavy (non-hydrogen) atoms. The predicted molar refractivity (Wildman–Crippen MR) is 116 cm³/mol. The lowest BCUT2D eigenvalue weighted by molar-refractivity contribution is -0.142. The van der Waals surface area contributed by atoms with Crippen molar-refractivity contribution >= 4 is 27.7 Å². The van der Waals surface area contributed by atoms with Gasteiger partial charge in [0.05, 0.1) is 7.11 Å². The van der Waals surface area contributed by atoms with Gasteiger partial charge in [-0.3, -0.25) is 9.59 Å².